The number of ether oxygens (including phenoxy) is 5. The number of hydrogen-bond donors (Lipinski definition) is 0. The van der Waals surface area contributed by atoms with Gasteiger partial charge < -0.3 is 28.3 Å². The number of fused-ring (bicyclic) bond motifs is 1. The van der Waals surface area contributed by atoms with Crippen molar-refractivity contribution in [3.8, 4) is 40.1 Å². The summed E-state index contributed by atoms with van der Waals surface area (Å²) in [5, 5.41) is 0. The molecule has 3 aromatic carbocycles. The summed E-state index contributed by atoms with van der Waals surface area (Å²) >= 11 is 0. The Morgan fingerprint density at radius 1 is 0.706 bits per heavy atom. The Morgan fingerprint density at radius 3 is 2.03 bits per heavy atom. The zero-order valence-corrected chi connectivity index (χ0v) is 20.0. The minimum atomic E-state index is 0.560. The lowest BCUT2D eigenvalue weighted by Gasteiger charge is -2.15. The molecule has 0 aliphatic rings. The van der Waals surface area contributed by atoms with Gasteiger partial charge >= 0.3 is 0 Å². The predicted octanol–water partition coefficient (Wildman–Crippen LogP) is 5.60. The highest BCUT2D eigenvalue weighted by atomic mass is 16.5. The van der Waals surface area contributed by atoms with Gasteiger partial charge in [-0.1, -0.05) is 24.3 Å². The molecule has 0 unspecified atom stereocenters. The number of para-hydroxylation sites is 4. The number of rotatable bonds is 11. The monoisotopic (exact) mass is 462 g/mol. The van der Waals surface area contributed by atoms with Crippen molar-refractivity contribution in [2.24, 2.45) is 0 Å². The molecule has 4 rings (SSSR count). The van der Waals surface area contributed by atoms with Crippen LogP contribution in [0.5, 0.6) is 28.7 Å². The number of nitrogens with zero attached hydrogens (tertiary/aromatic N) is 2. The predicted molar refractivity (Wildman–Crippen MR) is 133 cm³/mol. The molecule has 0 N–H and O–H groups in total. The number of benzene rings is 3. The lowest BCUT2D eigenvalue weighted by atomic mass is 10.1. The van der Waals surface area contributed by atoms with Crippen LogP contribution in [0.4, 0.5) is 0 Å². The smallest absolute Gasteiger partial charge is 0.203 e. The highest BCUT2D eigenvalue weighted by molar-refractivity contribution is 5.81. The van der Waals surface area contributed by atoms with Crippen LogP contribution < -0.4 is 23.7 Å². The first kappa shape index (κ1) is 23.3. The van der Waals surface area contributed by atoms with E-state index in [1.54, 1.807) is 28.4 Å². The third-order valence-corrected chi connectivity index (χ3v) is 5.68. The van der Waals surface area contributed by atoms with E-state index in [4.69, 9.17) is 28.7 Å². The average Bonchev–Trinajstić information content (AvgIpc) is 3.26. The second-order valence-electron chi connectivity index (χ2n) is 7.70. The van der Waals surface area contributed by atoms with Crippen LogP contribution in [0, 0.1) is 0 Å². The molecule has 0 atom stereocenters. The molecule has 7 nitrogen and oxygen atoms in total. The van der Waals surface area contributed by atoms with E-state index in [2.05, 4.69) is 10.6 Å². The normalized spacial score (nSPS) is 10.8. The van der Waals surface area contributed by atoms with Crippen molar-refractivity contribution in [2.75, 3.05) is 35.0 Å². The molecular formula is C27H30N2O5. The molecule has 0 aliphatic carbocycles. The number of hydrogen-bond acceptors (Lipinski definition) is 6. The van der Waals surface area contributed by atoms with Crippen molar-refractivity contribution in [3.05, 3.63) is 60.7 Å². The van der Waals surface area contributed by atoms with Gasteiger partial charge in [0.2, 0.25) is 5.75 Å². The topological polar surface area (TPSA) is 64.0 Å². The fourth-order valence-electron chi connectivity index (χ4n) is 4.02. The molecule has 1 aromatic heterocycles. The summed E-state index contributed by atoms with van der Waals surface area (Å²) in [6.07, 6.45) is 1.81. The Kier molecular flexibility index (Phi) is 7.42. The van der Waals surface area contributed by atoms with Crippen molar-refractivity contribution in [2.45, 2.75) is 19.4 Å². The summed E-state index contributed by atoms with van der Waals surface area (Å²) in [5.74, 6) is 4.11. The Morgan fingerprint density at radius 2 is 1.35 bits per heavy atom. The van der Waals surface area contributed by atoms with Gasteiger partial charge in [0.25, 0.3) is 0 Å². The number of imidazole rings is 1. The lowest BCUT2D eigenvalue weighted by Crippen LogP contribution is -2.05. The van der Waals surface area contributed by atoms with Gasteiger partial charge in [-0.25, -0.2) is 4.98 Å². The molecule has 0 aliphatic heterocycles. The van der Waals surface area contributed by atoms with Crippen molar-refractivity contribution in [1.29, 1.82) is 0 Å². The maximum absolute atomic E-state index is 5.94. The highest BCUT2D eigenvalue weighted by Gasteiger charge is 2.18. The fourth-order valence-corrected chi connectivity index (χ4v) is 4.02. The summed E-state index contributed by atoms with van der Waals surface area (Å²) in [4.78, 5) is 4.92. The quantitative estimate of drug-likeness (QED) is 0.271. The maximum Gasteiger partial charge on any atom is 0.203 e. The molecule has 0 fully saturated rings. The van der Waals surface area contributed by atoms with Crippen LogP contribution in [0.15, 0.2) is 60.7 Å². The second-order valence-corrected chi connectivity index (χ2v) is 7.70. The number of aryl methyl sites for hydroxylation is 1. The Hall–Kier alpha value is -3.87. The minimum absolute atomic E-state index is 0.560. The van der Waals surface area contributed by atoms with E-state index in [-0.39, 0.29) is 0 Å². The molecule has 0 saturated carbocycles. The van der Waals surface area contributed by atoms with Crippen LogP contribution in [0.25, 0.3) is 22.4 Å². The molecule has 0 radical (unpaired) electrons. The molecular weight excluding hydrogens is 432 g/mol. The first-order valence-corrected chi connectivity index (χ1v) is 11.2. The molecule has 0 bridgehead atoms. The number of unbranched alkanes of at least 4 members (excludes halogenated alkanes) is 1. The van der Waals surface area contributed by atoms with Gasteiger partial charge in [-0.3, -0.25) is 0 Å². The first-order chi connectivity index (χ1) is 16.7. The Balaban J connectivity index is 1.56. The summed E-state index contributed by atoms with van der Waals surface area (Å²) in [6.45, 7) is 1.40. The molecule has 34 heavy (non-hydrogen) atoms. The van der Waals surface area contributed by atoms with E-state index in [9.17, 15) is 0 Å². The van der Waals surface area contributed by atoms with Crippen LogP contribution in [0.3, 0.4) is 0 Å². The van der Waals surface area contributed by atoms with E-state index in [0.717, 1.165) is 53.3 Å². The SMILES string of the molecule is COc1ccccc1OCCCCn1c(-c2cc(OC)c(OC)c(OC)c2)nc2ccccc21. The number of methoxy groups -OCH3 is 4. The summed E-state index contributed by atoms with van der Waals surface area (Å²) < 4.78 is 30.1. The van der Waals surface area contributed by atoms with E-state index in [0.29, 0.717) is 23.9 Å². The number of aromatic nitrogens is 2. The third kappa shape index (κ3) is 4.73. The molecule has 4 aromatic rings. The minimum Gasteiger partial charge on any atom is -0.493 e. The summed E-state index contributed by atoms with van der Waals surface area (Å²) in [6, 6.07) is 19.7. The zero-order chi connectivity index (χ0) is 23.9. The van der Waals surface area contributed by atoms with E-state index < -0.39 is 0 Å². The van der Waals surface area contributed by atoms with Crippen LogP contribution in [0.2, 0.25) is 0 Å². The van der Waals surface area contributed by atoms with E-state index in [1.807, 2.05) is 54.6 Å². The molecule has 0 saturated heterocycles. The van der Waals surface area contributed by atoms with Crippen molar-refractivity contribution < 1.29 is 23.7 Å². The van der Waals surface area contributed by atoms with Gasteiger partial charge in [0.15, 0.2) is 23.0 Å². The largest absolute Gasteiger partial charge is 0.493 e. The van der Waals surface area contributed by atoms with Gasteiger partial charge in [-0.05, 0) is 49.2 Å². The molecule has 1 heterocycles. The standard InChI is InChI=1S/C27H30N2O5/c1-30-22-13-7-8-14-23(22)34-16-10-9-15-29-21-12-6-5-11-20(21)28-27(29)19-17-24(31-2)26(33-4)25(18-19)32-3/h5-8,11-14,17-18H,9-10,15-16H2,1-4H3. The first-order valence-electron chi connectivity index (χ1n) is 11.2. The van der Waals surface area contributed by atoms with Gasteiger partial charge in [-0.2, -0.15) is 0 Å². The van der Waals surface area contributed by atoms with E-state index >= 15 is 0 Å². The summed E-state index contributed by atoms with van der Waals surface area (Å²) in [5.41, 5.74) is 2.92. The van der Waals surface area contributed by atoms with Crippen LogP contribution in [0.1, 0.15) is 12.8 Å². The highest BCUT2D eigenvalue weighted by Crippen LogP contribution is 2.41. The second kappa shape index (κ2) is 10.8. The van der Waals surface area contributed by atoms with Gasteiger partial charge in [-0.15, -0.1) is 0 Å². The van der Waals surface area contributed by atoms with Gasteiger partial charge in [0.05, 0.1) is 46.1 Å². The molecule has 178 valence electrons. The molecule has 0 amide bonds. The fraction of sp³-hybridized carbons (Fsp3) is 0.296. The summed E-state index contributed by atoms with van der Waals surface area (Å²) in [7, 11) is 6.48. The van der Waals surface area contributed by atoms with Gasteiger partial charge in [0, 0.05) is 12.1 Å². The maximum atomic E-state index is 5.94. The molecule has 0 spiro atoms. The Labute approximate surface area is 199 Å². The molecule has 7 heteroatoms. The van der Waals surface area contributed by atoms with Crippen LogP contribution in [-0.4, -0.2) is 44.6 Å². The van der Waals surface area contributed by atoms with Crippen molar-refractivity contribution in [1.82, 2.24) is 9.55 Å². The van der Waals surface area contributed by atoms with Crippen molar-refractivity contribution >= 4 is 11.0 Å². The van der Waals surface area contributed by atoms with Crippen LogP contribution in [-0.2, 0) is 6.54 Å². The average molecular weight is 463 g/mol. The zero-order valence-electron chi connectivity index (χ0n) is 20.0. The van der Waals surface area contributed by atoms with E-state index in [1.165, 1.54) is 0 Å². The third-order valence-electron chi connectivity index (χ3n) is 5.68. The van der Waals surface area contributed by atoms with Gasteiger partial charge in [0.1, 0.15) is 5.82 Å². The Bertz CT molecular complexity index is 1230. The van der Waals surface area contributed by atoms with Crippen molar-refractivity contribution in [3.63, 3.8) is 0 Å². The lowest BCUT2D eigenvalue weighted by molar-refractivity contribution is 0.284. The van der Waals surface area contributed by atoms with Crippen LogP contribution >= 0.6 is 0 Å².